The summed E-state index contributed by atoms with van der Waals surface area (Å²) in [5.74, 6) is 1.97. The summed E-state index contributed by atoms with van der Waals surface area (Å²) in [6, 6.07) is 21.4. The SMILES string of the molecule is CS(=O)(=O)CCNCc1ccc(-c2ccc3ncnc(N)c3c2)o1.Cc1ccc(S(=O)(=O)O)cc1.Cc1ccc(S(=O)(=O)O)cc1. The summed E-state index contributed by atoms with van der Waals surface area (Å²) in [6.45, 7) is 4.54. The number of furan rings is 1. The van der Waals surface area contributed by atoms with E-state index in [1.807, 2.05) is 44.2 Å². The molecule has 0 aliphatic heterocycles. The normalized spacial score (nSPS) is 11.7. The Bertz CT molecular complexity index is 2020. The van der Waals surface area contributed by atoms with Gasteiger partial charge in [-0.05, 0) is 68.4 Å². The van der Waals surface area contributed by atoms with Crippen molar-refractivity contribution in [3.8, 4) is 11.3 Å². The largest absolute Gasteiger partial charge is 0.460 e. The molecule has 246 valence electrons. The van der Waals surface area contributed by atoms with Crippen molar-refractivity contribution in [2.75, 3.05) is 24.3 Å². The quantitative estimate of drug-likeness (QED) is 0.133. The molecule has 46 heavy (non-hydrogen) atoms. The average molecular weight is 691 g/mol. The fraction of sp³-hybridized carbons (Fsp3) is 0.200. The maximum absolute atomic E-state index is 11.1. The molecule has 5 rings (SSSR count). The Morgan fingerprint density at radius 1 is 0.761 bits per heavy atom. The number of hydrogen-bond donors (Lipinski definition) is 4. The zero-order valence-corrected chi connectivity index (χ0v) is 27.6. The molecule has 0 saturated carbocycles. The van der Waals surface area contributed by atoms with Crippen LogP contribution in [0, 0.1) is 13.8 Å². The Labute approximate surface area is 267 Å². The van der Waals surface area contributed by atoms with Crippen molar-refractivity contribution in [1.29, 1.82) is 0 Å². The summed E-state index contributed by atoms with van der Waals surface area (Å²) >= 11 is 0. The highest BCUT2D eigenvalue weighted by Crippen LogP contribution is 2.27. The third kappa shape index (κ3) is 11.6. The van der Waals surface area contributed by atoms with Crippen LogP contribution in [0.15, 0.2) is 99.4 Å². The van der Waals surface area contributed by atoms with E-state index in [1.54, 1.807) is 24.3 Å². The zero-order valence-electron chi connectivity index (χ0n) is 25.2. The number of nitrogen functional groups attached to an aromatic ring is 1. The molecule has 0 unspecified atom stereocenters. The molecule has 0 atom stereocenters. The van der Waals surface area contributed by atoms with E-state index in [0.29, 0.717) is 24.7 Å². The number of hydrogen-bond acceptors (Lipinski definition) is 11. The Balaban J connectivity index is 0.000000217. The van der Waals surface area contributed by atoms with Gasteiger partial charge in [0.05, 0.1) is 27.6 Å². The van der Waals surface area contributed by atoms with Crippen LogP contribution < -0.4 is 11.1 Å². The average Bonchev–Trinajstić information content (AvgIpc) is 3.44. The number of aromatic nitrogens is 2. The smallest absolute Gasteiger partial charge is 0.294 e. The molecule has 2 aromatic heterocycles. The van der Waals surface area contributed by atoms with E-state index in [9.17, 15) is 25.3 Å². The van der Waals surface area contributed by atoms with Crippen molar-refractivity contribution in [3.05, 3.63) is 102 Å². The molecule has 5 aromatic rings. The Morgan fingerprint density at radius 2 is 1.30 bits per heavy atom. The van der Waals surface area contributed by atoms with E-state index in [-0.39, 0.29) is 15.5 Å². The predicted molar refractivity (Wildman–Crippen MR) is 175 cm³/mol. The van der Waals surface area contributed by atoms with Crippen molar-refractivity contribution in [3.63, 3.8) is 0 Å². The maximum atomic E-state index is 11.1. The molecule has 0 bridgehead atoms. The van der Waals surface area contributed by atoms with Crippen LogP contribution in [-0.2, 0) is 36.6 Å². The molecule has 3 aromatic carbocycles. The first-order valence-corrected chi connectivity index (χ1v) is 18.4. The monoisotopic (exact) mass is 690 g/mol. The topological polar surface area (TPSA) is 220 Å². The summed E-state index contributed by atoms with van der Waals surface area (Å²) < 4.78 is 87.1. The Kier molecular flexibility index (Phi) is 12.1. The summed E-state index contributed by atoms with van der Waals surface area (Å²) in [4.78, 5) is 8.03. The van der Waals surface area contributed by atoms with Gasteiger partial charge in [-0.3, -0.25) is 9.11 Å². The van der Waals surface area contributed by atoms with Crippen molar-refractivity contribution in [2.24, 2.45) is 0 Å². The van der Waals surface area contributed by atoms with E-state index in [1.165, 1.54) is 36.8 Å². The third-order valence-corrected chi connectivity index (χ3v) is 8.88. The van der Waals surface area contributed by atoms with Gasteiger partial charge >= 0.3 is 0 Å². The van der Waals surface area contributed by atoms with Crippen LogP contribution in [0.4, 0.5) is 5.82 Å². The van der Waals surface area contributed by atoms with Gasteiger partial charge in [0, 0.05) is 23.8 Å². The molecule has 0 saturated heterocycles. The fourth-order valence-electron chi connectivity index (χ4n) is 3.75. The summed E-state index contributed by atoms with van der Waals surface area (Å²) in [7, 11) is -11.0. The van der Waals surface area contributed by atoms with Crippen molar-refractivity contribution in [1.82, 2.24) is 15.3 Å². The Hall–Kier alpha value is -4.19. The lowest BCUT2D eigenvalue weighted by Crippen LogP contribution is -2.21. The van der Waals surface area contributed by atoms with Crippen molar-refractivity contribution < 1.29 is 38.8 Å². The van der Waals surface area contributed by atoms with Gasteiger partial charge in [0.1, 0.15) is 33.5 Å². The molecular weight excluding hydrogens is 657 g/mol. The standard InChI is InChI=1S/C16H18N4O3S.2C7H8O3S/c1-24(21,22)7-6-18-9-12-3-5-15(23-12)11-2-4-14-13(8-11)16(17)20-10-19-14;2*1-6-2-4-7(5-3-6)11(8,9)10/h2-5,8,10,18H,6-7,9H2,1H3,(H2,17,19,20);2*2-5H,1H3,(H,8,9,10). The number of aryl methyl sites for hydroxylation is 2. The second-order valence-electron chi connectivity index (χ2n) is 10.1. The van der Waals surface area contributed by atoms with Gasteiger partial charge in [0.2, 0.25) is 0 Å². The lowest BCUT2D eigenvalue weighted by Gasteiger charge is -2.03. The second-order valence-corrected chi connectivity index (χ2v) is 15.2. The number of nitrogens with two attached hydrogens (primary N) is 1. The van der Waals surface area contributed by atoms with Crippen LogP contribution in [0.25, 0.3) is 22.2 Å². The number of sulfone groups is 1. The minimum absolute atomic E-state index is 0.0666. The van der Waals surface area contributed by atoms with Gasteiger partial charge < -0.3 is 15.5 Å². The number of nitrogens with one attached hydrogen (secondary N) is 1. The predicted octanol–water partition coefficient (Wildman–Crippen LogP) is 4.09. The van der Waals surface area contributed by atoms with E-state index in [4.69, 9.17) is 19.3 Å². The molecule has 0 aliphatic rings. The van der Waals surface area contributed by atoms with Crippen LogP contribution >= 0.6 is 0 Å². The second kappa shape index (κ2) is 15.4. The number of rotatable bonds is 8. The summed E-state index contributed by atoms with van der Waals surface area (Å²) in [5.41, 5.74) is 9.45. The minimum Gasteiger partial charge on any atom is -0.460 e. The molecule has 0 amide bonds. The molecule has 13 nitrogen and oxygen atoms in total. The van der Waals surface area contributed by atoms with Crippen molar-refractivity contribution >= 4 is 46.8 Å². The van der Waals surface area contributed by atoms with E-state index < -0.39 is 30.1 Å². The molecular formula is C30H34N4O9S3. The highest BCUT2D eigenvalue weighted by atomic mass is 32.2. The zero-order chi connectivity index (χ0) is 34.1. The maximum Gasteiger partial charge on any atom is 0.294 e. The van der Waals surface area contributed by atoms with E-state index >= 15 is 0 Å². The number of benzene rings is 3. The molecule has 0 fully saturated rings. The highest BCUT2D eigenvalue weighted by molar-refractivity contribution is 7.90. The first kappa shape index (κ1) is 36.3. The molecule has 5 N–H and O–H groups in total. The van der Waals surface area contributed by atoms with E-state index in [2.05, 4.69) is 15.3 Å². The molecule has 2 heterocycles. The third-order valence-electron chi connectivity index (χ3n) is 6.20. The van der Waals surface area contributed by atoms with Gasteiger partial charge in [0.15, 0.2) is 0 Å². The Morgan fingerprint density at radius 3 is 1.80 bits per heavy atom. The van der Waals surface area contributed by atoms with Crippen LogP contribution in [-0.4, -0.2) is 62.9 Å². The molecule has 0 radical (unpaired) electrons. The van der Waals surface area contributed by atoms with Gasteiger partial charge in [-0.2, -0.15) is 16.8 Å². The van der Waals surface area contributed by atoms with Crippen molar-refractivity contribution in [2.45, 2.75) is 30.2 Å². The summed E-state index contributed by atoms with van der Waals surface area (Å²) in [6.07, 6.45) is 2.65. The van der Waals surface area contributed by atoms with E-state index in [0.717, 1.165) is 33.4 Å². The van der Waals surface area contributed by atoms with Crippen LogP contribution in [0.3, 0.4) is 0 Å². The summed E-state index contributed by atoms with van der Waals surface area (Å²) in [5, 5.41) is 3.83. The minimum atomic E-state index is -4.02. The molecule has 0 aliphatic carbocycles. The lowest BCUT2D eigenvalue weighted by atomic mass is 10.1. The van der Waals surface area contributed by atoms with Gasteiger partial charge in [0.25, 0.3) is 20.2 Å². The fourth-order valence-corrected chi connectivity index (χ4v) is 5.22. The highest BCUT2D eigenvalue weighted by Gasteiger charge is 2.10. The lowest BCUT2D eigenvalue weighted by molar-refractivity contribution is 0.481. The van der Waals surface area contributed by atoms with Gasteiger partial charge in [-0.25, -0.2) is 18.4 Å². The van der Waals surface area contributed by atoms with Gasteiger partial charge in [-0.15, -0.1) is 0 Å². The van der Waals surface area contributed by atoms with Crippen LogP contribution in [0.2, 0.25) is 0 Å². The molecule has 16 heteroatoms. The van der Waals surface area contributed by atoms with Gasteiger partial charge in [-0.1, -0.05) is 35.4 Å². The number of nitrogens with zero attached hydrogens (tertiary/aromatic N) is 2. The molecule has 0 spiro atoms. The number of fused-ring (bicyclic) bond motifs is 1. The first-order chi connectivity index (χ1) is 21.4. The van der Waals surface area contributed by atoms with Crippen LogP contribution in [0.5, 0.6) is 0 Å². The first-order valence-electron chi connectivity index (χ1n) is 13.5. The van der Waals surface area contributed by atoms with Crippen LogP contribution in [0.1, 0.15) is 16.9 Å². The number of anilines is 1.